The van der Waals surface area contributed by atoms with Crippen LogP contribution in [0, 0.1) is 13.8 Å². The van der Waals surface area contributed by atoms with Crippen molar-refractivity contribution >= 4 is 28.3 Å². The molecule has 0 aliphatic rings. The predicted octanol–water partition coefficient (Wildman–Crippen LogP) is 1.95. The number of aromatic nitrogens is 1. The first-order chi connectivity index (χ1) is 6.60. The number of amidine groups is 1. The van der Waals surface area contributed by atoms with Gasteiger partial charge in [0.05, 0.1) is 0 Å². The Hall–Kier alpha value is -0.550. The summed E-state index contributed by atoms with van der Waals surface area (Å²) in [6.07, 6.45) is 1.99. The first-order valence-corrected chi connectivity index (χ1v) is 6.32. The second-order valence-corrected chi connectivity index (χ2v) is 4.86. The number of aliphatic imine (C=N–C) groups is 1. The van der Waals surface area contributed by atoms with Gasteiger partial charge < -0.3 is 4.57 Å². The van der Waals surface area contributed by atoms with E-state index in [-0.39, 0.29) is 0 Å². The Morgan fingerprint density at radius 2 is 2.07 bits per heavy atom. The summed E-state index contributed by atoms with van der Waals surface area (Å²) in [4.78, 5) is 10.9. The molecule has 5 heteroatoms. The average molecular weight is 229 g/mol. The highest BCUT2D eigenvalue weighted by atomic mass is 32.2. The third-order valence-corrected chi connectivity index (χ3v) is 3.90. The number of nitrogens with zero attached hydrogens (tertiary/aromatic N) is 3. The molecule has 0 N–H and O–H groups in total. The second-order valence-electron chi connectivity index (χ2n) is 2.91. The first-order valence-electron chi connectivity index (χ1n) is 4.28. The lowest BCUT2D eigenvalue weighted by atomic mass is 10.4. The quantitative estimate of drug-likeness (QED) is 0.494. The van der Waals surface area contributed by atoms with Crippen molar-refractivity contribution in [1.82, 2.24) is 4.57 Å². The highest BCUT2D eigenvalue weighted by molar-refractivity contribution is 8.13. The molecule has 0 unspecified atom stereocenters. The average Bonchev–Trinajstić information content (AvgIpc) is 2.42. The van der Waals surface area contributed by atoms with Crippen LogP contribution >= 0.6 is 23.1 Å². The summed E-state index contributed by atoms with van der Waals surface area (Å²) in [5.41, 5.74) is 1.27. The van der Waals surface area contributed by atoms with Gasteiger partial charge in [0.15, 0.2) is 9.97 Å². The fourth-order valence-electron chi connectivity index (χ4n) is 1.03. The van der Waals surface area contributed by atoms with Gasteiger partial charge in [-0.3, -0.25) is 4.99 Å². The van der Waals surface area contributed by atoms with Crippen LogP contribution in [0.1, 0.15) is 10.6 Å². The minimum Gasteiger partial charge on any atom is -0.324 e. The van der Waals surface area contributed by atoms with Crippen molar-refractivity contribution in [3.8, 4) is 0 Å². The highest BCUT2D eigenvalue weighted by Crippen LogP contribution is 2.08. The maximum atomic E-state index is 4.47. The van der Waals surface area contributed by atoms with Crippen LogP contribution in [-0.2, 0) is 7.05 Å². The summed E-state index contributed by atoms with van der Waals surface area (Å²) in [6.45, 7) is 4.22. The van der Waals surface area contributed by atoms with Crippen molar-refractivity contribution in [3.63, 3.8) is 0 Å². The van der Waals surface area contributed by atoms with E-state index in [1.807, 2.05) is 13.3 Å². The third kappa shape index (κ3) is 2.27. The van der Waals surface area contributed by atoms with Gasteiger partial charge in [-0.2, -0.15) is 4.99 Å². The van der Waals surface area contributed by atoms with Crippen molar-refractivity contribution in [2.75, 3.05) is 13.3 Å². The fraction of sp³-hybridized carbons (Fsp3) is 0.556. The van der Waals surface area contributed by atoms with Gasteiger partial charge in [-0.15, -0.1) is 11.3 Å². The Morgan fingerprint density at radius 3 is 2.43 bits per heavy atom. The Labute approximate surface area is 92.6 Å². The second kappa shape index (κ2) is 4.79. The molecule has 0 atom stereocenters. The monoisotopic (exact) mass is 229 g/mol. The van der Waals surface area contributed by atoms with Crippen LogP contribution < -0.4 is 4.80 Å². The molecule has 0 bridgehead atoms. The van der Waals surface area contributed by atoms with Crippen LogP contribution in [0.4, 0.5) is 0 Å². The van der Waals surface area contributed by atoms with Crippen LogP contribution in [0.25, 0.3) is 0 Å². The van der Waals surface area contributed by atoms with Gasteiger partial charge in [0.25, 0.3) is 0 Å². The molecule has 1 aromatic heterocycles. The smallest absolute Gasteiger partial charge is 0.192 e. The van der Waals surface area contributed by atoms with Crippen LogP contribution in [0.15, 0.2) is 9.98 Å². The maximum Gasteiger partial charge on any atom is 0.192 e. The zero-order valence-electron chi connectivity index (χ0n) is 9.16. The summed E-state index contributed by atoms with van der Waals surface area (Å²) in [5, 5.41) is 0.821. The van der Waals surface area contributed by atoms with Crippen LogP contribution in [0.2, 0.25) is 0 Å². The van der Waals surface area contributed by atoms with E-state index in [4.69, 9.17) is 0 Å². The summed E-state index contributed by atoms with van der Waals surface area (Å²) in [6, 6.07) is 0. The number of rotatable bonds is 0. The lowest BCUT2D eigenvalue weighted by Gasteiger charge is -1.95. The molecule has 0 saturated heterocycles. The van der Waals surface area contributed by atoms with Gasteiger partial charge in [-0.1, -0.05) is 11.8 Å². The third-order valence-electron chi connectivity index (χ3n) is 2.11. The SMILES string of the molecule is CN=C(N=c1sc(C)c(C)n1C)SC. The van der Waals surface area contributed by atoms with Crippen LogP contribution in [-0.4, -0.2) is 23.0 Å². The lowest BCUT2D eigenvalue weighted by Crippen LogP contribution is -2.13. The number of hydrogen-bond donors (Lipinski definition) is 0. The van der Waals surface area contributed by atoms with Crippen LogP contribution in [0.3, 0.4) is 0 Å². The summed E-state index contributed by atoms with van der Waals surface area (Å²) >= 11 is 3.27. The number of hydrogen-bond acceptors (Lipinski definition) is 3. The highest BCUT2D eigenvalue weighted by Gasteiger charge is 2.02. The zero-order valence-corrected chi connectivity index (χ0v) is 10.8. The van der Waals surface area contributed by atoms with E-state index in [1.54, 1.807) is 30.1 Å². The molecule has 1 rings (SSSR count). The summed E-state index contributed by atoms with van der Waals surface area (Å²) in [5.74, 6) is 0. The number of aryl methyl sites for hydroxylation is 1. The van der Waals surface area contributed by atoms with E-state index >= 15 is 0 Å². The van der Waals surface area contributed by atoms with Gasteiger partial charge in [0.2, 0.25) is 0 Å². The predicted molar refractivity (Wildman–Crippen MR) is 65.2 cm³/mol. The van der Waals surface area contributed by atoms with Crippen molar-refractivity contribution in [1.29, 1.82) is 0 Å². The van der Waals surface area contributed by atoms with E-state index in [2.05, 4.69) is 28.4 Å². The molecule has 0 saturated carbocycles. The summed E-state index contributed by atoms with van der Waals surface area (Å²) in [7, 11) is 3.80. The van der Waals surface area contributed by atoms with E-state index in [0.29, 0.717) is 0 Å². The number of thiazole rings is 1. The minimum atomic E-state index is 0.821. The van der Waals surface area contributed by atoms with E-state index in [1.165, 1.54) is 10.6 Å². The Kier molecular flexibility index (Phi) is 3.95. The number of thioether (sulfide) groups is 1. The van der Waals surface area contributed by atoms with Crippen molar-refractivity contribution in [2.24, 2.45) is 17.0 Å². The fourth-order valence-corrected chi connectivity index (χ4v) is 2.41. The molecule has 0 aliphatic carbocycles. The van der Waals surface area contributed by atoms with Crippen LogP contribution in [0.5, 0.6) is 0 Å². The topological polar surface area (TPSA) is 29.6 Å². The molecule has 1 aromatic rings. The first kappa shape index (κ1) is 11.5. The Morgan fingerprint density at radius 1 is 1.43 bits per heavy atom. The van der Waals surface area contributed by atoms with Gasteiger partial charge in [-0.25, -0.2) is 0 Å². The van der Waals surface area contributed by atoms with Gasteiger partial charge in [0.1, 0.15) is 0 Å². The molecule has 0 fully saturated rings. The molecular weight excluding hydrogens is 214 g/mol. The molecule has 3 nitrogen and oxygen atoms in total. The van der Waals surface area contributed by atoms with Crippen molar-refractivity contribution in [3.05, 3.63) is 15.4 Å². The maximum absolute atomic E-state index is 4.47. The molecule has 78 valence electrons. The van der Waals surface area contributed by atoms with Gasteiger partial charge in [-0.05, 0) is 20.1 Å². The molecule has 0 radical (unpaired) electrons. The molecule has 0 amide bonds. The van der Waals surface area contributed by atoms with Crippen molar-refractivity contribution in [2.45, 2.75) is 13.8 Å². The van der Waals surface area contributed by atoms with E-state index < -0.39 is 0 Å². The molecule has 0 aromatic carbocycles. The molecule has 14 heavy (non-hydrogen) atoms. The van der Waals surface area contributed by atoms with Crippen molar-refractivity contribution < 1.29 is 0 Å². The zero-order chi connectivity index (χ0) is 10.7. The lowest BCUT2D eigenvalue weighted by molar-refractivity contribution is 0.833. The normalized spacial score (nSPS) is 13.8. The van der Waals surface area contributed by atoms with E-state index in [9.17, 15) is 0 Å². The largest absolute Gasteiger partial charge is 0.324 e. The Balaban J connectivity index is 3.26. The summed E-state index contributed by atoms with van der Waals surface area (Å²) < 4.78 is 2.10. The standard InChI is InChI=1S/C9H15N3S2/c1-6-7(2)14-9(12(6)4)11-8(10-3)13-5/h1-5H3. The molecule has 1 heterocycles. The molecule has 0 aliphatic heterocycles. The molecular formula is C9H15N3S2. The molecule has 0 spiro atoms. The minimum absolute atomic E-state index is 0.821. The van der Waals surface area contributed by atoms with Gasteiger partial charge in [0, 0.05) is 24.7 Å². The Bertz CT molecular complexity index is 412. The van der Waals surface area contributed by atoms with E-state index in [0.717, 1.165) is 9.97 Å². The van der Waals surface area contributed by atoms with Gasteiger partial charge >= 0.3 is 0 Å².